The van der Waals surface area contributed by atoms with Crippen LogP contribution in [0.3, 0.4) is 0 Å². The second kappa shape index (κ2) is 6.95. The lowest BCUT2D eigenvalue weighted by Crippen LogP contribution is -2.05. The predicted octanol–water partition coefficient (Wildman–Crippen LogP) is 4.02. The fraction of sp³-hybridized carbons (Fsp3) is 0.111. The molecule has 3 rings (SSSR count). The number of hydrogen-bond donors (Lipinski definition) is 1. The molecule has 0 aliphatic heterocycles. The minimum absolute atomic E-state index is 0.125. The van der Waals surface area contributed by atoms with Gasteiger partial charge in [0.05, 0.1) is 0 Å². The van der Waals surface area contributed by atoms with Gasteiger partial charge in [-0.2, -0.15) is 0 Å². The number of oxazole rings is 1. The molecule has 5 nitrogen and oxygen atoms in total. The van der Waals surface area contributed by atoms with Gasteiger partial charge in [0, 0.05) is 18.2 Å². The van der Waals surface area contributed by atoms with Crippen LogP contribution < -0.4 is 10.1 Å². The van der Waals surface area contributed by atoms with Gasteiger partial charge in [-0.1, -0.05) is 0 Å². The molecule has 0 atom stereocenters. The standard InChI is InChI=1S/C18H15FN2O3/c1-12(22)20-15-6-8-17(9-7-15)23-10-16-11-24-18(21-16)13-2-4-14(19)5-3-13/h2-9,11H,10H2,1H3,(H,20,22). The molecule has 6 heteroatoms. The molecule has 1 aromatic heterocycles. The summed E-state index contributed by atoms with van der Waals surface area (Å²) in [6.07, 6.45) is 1.50. The van der Waals surface area contributed by atoms with Crippen LogP contribution in [0, 0.1) is 5.82 Å². The van der Waals surface area contributed by atoms with Gasteiger partial charge in [-0.3, -0.25) is 4.79 Å². The highest BCUT2D eigenvalue weighted by Crippen LogP contribution is 2.21. The Bertz CT molecular complexity index is 826. The number of rotatable bonds is 5. The molecular weight excluding hydrogens is 311 g/mol. The van der Waals surface area contributed by atoms with Crippen LogP contribution in [0.1, 0.15) is 12.6 Å². The lowest BCUT2D eigenvalue weighted by atomic mass is 10.2. The normalized spacial score (nSPS) is 10.4. The van der Waals surface area contributed by atoms with Crippen molar-refractivity contribution in [2.24, 2.45) is 0 Å². The summed E-state index contributed by atoms with van der Waals surface area (Å²) in [5, 5.41) is 2.68. The number of halogens is 1. The Hall–Kier alpha value is -3.15. The van der Waals surface area contributed by atoms with Crippen molar-refractivity contribution < 1.29 is 18.3 Å². The van der Waals surface area contributed by atoms with Crippen LogP contribution in [0.5, 0.6) is 5.75 Å². The molecule has 0 saturated carbocycles. The first-order chi connectivity index (χ1) is 11.6. The summed E-state index contributed by atoms with van der Waals surface area (Å²) in [6, 6.07) is 12.9. The van der Waals surface area contributed by atoms with E-state index in [0.29, 0.717) is 28.6 Å². The molecule has 24 heavy (non-hydrogen) atoms. The molecule has 0 aliphatic carbocycles. The molecule has 1 N–H and O–H groups in total. The van der Waals surface area contributed by atoms with Gasteiger partial charge in [0.25, 0.3) is 0 Å². The molecule has 3 aromatic rings. The average molecular weight is 326 g/mol. The summed E-state index contributed by atoms with van der Waals surface area (Å²) in [6.45, 7) is 1.69. The summed E-state index contributed by atoms with van der Waals surface area (Å²) < 4.78 is 23.9. The molecule has 0 unspecified atom stereocenters. The van der Waals surface area contributed by atoms with Crippen molar-refractivity contribution in [3.63, 3.8) is 0 Å². The molecular formula is C18H15FN2O3. The summed E-state index contributed by atoms with van der Waals surface area (Å²) in [5.74, 6) is 0.626. The van der Waals surface area contributed by atoms with E-state index in [0.717, 1.165) is 0 Å². The Morgan fingerprint density at radius 3 is 2.54 bits per heavy atom. The van der Waals surface area contributed by atoms with Crippen LogP contribution in [0.25, 0.3) is 11.5 Å². The second-order valence-electron chi connectivity index (χ2n) is 5.15. The first-order valence-electron chi connectivity index (χ1n) is 7.31. The Morgan fingerprint density at radius 1 is 1.17 bits per heavy atom. The largest absolute Gasteiger partial charge is 0.487 e. The second-order valence-corrected chi connectivity index (χ2v) is 5.15. The first kappa shape index (κ1) is 15.7. The van der Waals surface area contributed by atoms with E-state index in [2.05, 4.69) is 10.3 Å². The molecule has 0 spiro atoms. The van der Waals surface area contributed by atoms with E-state index < -0.39 is 0 Å². The van der Waals surface area contributed by atoms with Crippen LogP contribution in [0.2, 0.25) is 0 Å². The van der Waals surface area contributed by atoms with Crippen molar-refractivity contribution in [1.82, 2.24) is 4.98 Å². The maximum Gasteiger partial charge on any atom is 0.226 e. The number of nitrogens with one attached hydrogen (secondary N) is 1. The minimum atomic E-state index is -0.309. The monoisotopic (exact) mass is 326 g/mol. The number of anilines is 1. The number of aromatic nitrogens is 1. The maximum absolute atomic E-state index is 12.9. The van der Waals surface area contributed by atoms with E-state index >= 15 is 0 Å². The highest BCUT2D eigenvalue weighted by Gasteiger charge is 2.07. The molecule has 0 aliphatic rings. The van der Waals surface area contributed by atoms with Crippen molar-refractivity contribution in [3.8, 4) is 17.2 Å². The zero-order chi connectivity index (χ0) is 16.9. The van der Waals surface area contributed by atoms with E-state index in [4.69, 9.17) is 9.15 Å². The average Bonchev–Trinajstić information content (AvgIpc) is 3.03. The van der Waals surface area contributed by atoms with Crippen molar-refractivity contribution in [2.75, 3.05) is 5.32 Å². The fourth-order valence-corrected chi connectivity index (χ4v) is 2.09. The minimum Gasteiger partial charge on any atom is -0.487 e. The number of amides is 1. The number of carbonyl (C=O) groups is 1. The van der Waals surface area contributed by atoms with Gasteiger partial charge in [0.2, 0.25) is 11.8 Å². The number of hydrogen-bond acceptors (Lipinski definition) is 4. The quantitative estimate of drug-likeness (QED) is 0.769. The third kappa shape index (κ3) is 3.98. The van der Waals surface area contributed by atoms with Crippen LogP contribution in [-0.4, -0.2) is 10.9 Å². The van der Waals surface area contributed by atoms with Crippen molar-refractivity contribution >= 4 is 11.6 Å². The van der Waals surface area contributed by atoms with Gasteiger partial charge in [-0.15, -0.1) is 0 Å². The first-order valence-corrected chi connectivity index (χ1v) is 7.31. The molecule has 1 amide bonds. The summed E-state index contributed by atoms with van der Waals surface area (Å²) in [5.41, 5.74) is 2.03. The molecule has 0 bridgehead atoms. The van der Waals surface area contributed by atoms with Crippen molar-refractivity contribution in [3.05, 3.63) is 66.3 Å². The summed E-state index contributed by atoms with van der Waals surface area (Å²) in [7, 11) is 0. The third-order valence-corrected chi connectivity index (χ3v) is 3.20. The topological polar surface area (TPSA) is 64.4 Å². The van der Waals surface area contributed by atoms with E-state index in [-0.39, 0.29) is 18.3 Å². The Labute approximate surface area is 138 Å². The van der Waals surface area contributed by atoms with Crippen LogP contribution in [0.15, 0.2) is 59.2 Å². The SMILES string of the molecule is CC(=O)Nc1ccc(OCc2coc(-c3ccc(F)cc3)n2)cc1. The molecule has 0 radical (unpaired) electrons. The maximum atomic E-state index is 12.9. The third-order valence-electron chi connectivity index (χ3n) is 3.20. The number of nitrogens with zero attached hydrogens (tertiary/aromatic N) is 1. The van der Waals surface area contributed by atoms with Crippen LogP contribution in [-0.2, 0) is 11.4 Å². The fourth-order valence-electron chi connectivity index (χ4n) is 2.09. The predicted molar refractivity (Wildman–Crippen MR) is 87.0 cm³/mol. The molecule has 0 fully saturated rings. The van der Waals surface area contributed by atoms with Crippen molar-refractivity contribution in [2.45, 2.75) is 13.5 Å². The van der Waals surface area contributed by atoms with E-state index in [1.807, 2.05) is 0 Å². The smallest absolute Gasteiger partial charge is 0.226 e. The zero-order valence-electron chi connectivity index (χ0n) is 13.0. The van der Waals surface area contributed by atoms with Gasteiger partial charge in [-0.05, 0) is 48.5 Å². The van der Waals surface area contributed by atoms with Crippen molar-refractivity contribution in [1.29, 1.82) is 0 Å². The van der Waals surface area contributed by atoms with Gasteiger partial charge in [0.1, 0.15) is 30.1 Å². The Morgan fingerprint density at radius 2 is 1.88 bits per heavy atom. The van der Waals surface area contributed by atoms with E-state index in [1.54, 1.807) is 36.4 Å². The van der Waals surface area contributed by atoms with Gasteiger partial charge in [-0.25, -0.2) is 9.37 Å². The van der Waals surface area contributed by atoms with E-state index in [9.17, 15) is 9.18 Å². The molecule has 2 aromatic carbocycles. The van der Waals surface area contributed by atoms with Crippen LogP contribution >= 0.6 is 0 Å². The Kier molecular flexibility index (Phi) is 4.56. The zero-order valence-corrected chi connectivity index (χ0v) is 13.0. The lowest BCUT2D eigenvalue weighted by Gasteiger charge is -2.05. The number of carbonyl (C=O) groups excluding carboxylic acids is 1. The number of ether oxygens (including phenoxy) is 1. The van der Waals surface area contributed by atoms with E-state index in [1.165, 1.54) is 25.3 Å². The summed E-state index contributed by atoms with van der Waals surface area (Å²) >= 11 is 0. The molecule has 0 saturated heterocycles. The summed E-state index contributed by atoms with van der Waals surface area (Å²) in [4.78, 5) is 15.3. The Balaban J connectivity index is 1.61. The highest BCUT2D eigenvalue weighted by atomic mass is 19.1. The van der Waals surface area contributed by atoms with Gasteiger partial charge < -0.3 is 14.5 Å². The highest BCUT2D eigenvalue weighted by molar-refractivity contribution is 5.88. The lowest BCUT2D eigenvalue weighted by molar-refractivity contribution is -0.114. The van der Waals surface area contributed by atoms with Crippen LogP contribution in [0.4, 0.5) is 10.1 Å². The molecule has 122 valence electrons. The van der Waals surface area contributed by atoms with Gasteiger partial charge in [0.15, 0.2) is 0 Å². The van der Waals surface area contributed by atoms with Gasteiger partial charge >= 0.3 is 0 Å². The molecule has 1 heterocycles. The number of benzene rings is 2.